The number of benzene rings is 1. The predicted molar refractivity (Wildman–Crippen MR) is 91.6 cm³/mol. The SMILES string of the molecule is CCCCOC(=O)CC(=O)OC.COC(=O)c1ccc(C(=O)OC)cc1. The molecule has 0 fully saturated rings. The first-order valence-electron chi connectivity index (χ1n) is 7.88. The van der Waals surface area contributed by atoms with Crippen LogP contribution in [-0.4, -0.2) is 51.8 Å². The van der Waals surface area contributed by atoms with Gasteiger partial charge in [0.15, 0.2) is 0 Å². The van der Waals surface area contributed by atoms with Crippen LogP contribution in [0.1, 0.15) is 46.9 Å². The lowest BCUT2D eigenvalue weighted by Gasteiger charge is -2.01. The van der Waals surface area contributed by atoms with Crippen molar-refractivity contribution in [1.29, 1.82) is 0 Å². The van der Waals surface area contributed by atoms with Gasteiger partial charge in [-0.05, 0) is 30.7 Å². The molecule has 1 rings (SSSR count). The van der Waals surface area contributed by atoms with E-state index in [1.54, 1.807) is 0 Å². The Kier molecular flexibility index (Phi) is 11.9. The van der Waals surface area contributed by atoms with E-state index < -0.39 is 23.9 Å². The van der Waals surface area contributed by atoms with E-state index in [4.69, 9.17) is 4.74 Å². The van der Waals surface area contributed by atoms with Gasteiger partial charge in [0.1, 0.15) is 6.42 Å². The second kappa shape index (κ2) is 13.4. The summed E-state index contributed by atoms with van der Waals surface area (Å²) in [6.07, 6.45) is 1.50. The van der Waals surface area contributed by atoms with E-state index in [-0.39, 0.29) is 6.42 Å². The summed E-state index contributed by atoms with van der Waals surface area (Å²) in [7, 11) is 3.84. The molecule has 0 aromatic heterocycles. The summed E-state index contributed by atoms with van der Waals surface area (Å²) >= 11 is 0. The molecule has 8 nitrogen and oxygen atoms in total. The molecule has 0 N–H and O–H groups in total. The summed E-state index contributed by atoms with van der Waals surface area (Å²) in [4.78, 5) is 43.3. The summed E-state index contributed by atoms with van der Waals surface area (Å²) in [6.45, 7) is 2.38. The van der Waals surface area contributed by atoms with E-state index in [1.165, 1.54) is 45.6 Å². The standard InChI is InChI=1S/C10H10O4.C8H14O4/c1-13-9(11)7-3-5-8(6-4-7)10(12)14-2;1-3-4-5-12-8(10)6-7(9)11-2/h3-6H,1-2H3;3-6H2,1-2H3. The molecule has 8 heteroatoms. The minimum atomic E-state index is -0.559. The van der Waals surface area contributed by atoms with Crippen molar-refractivity contribution >= 4 is 23.9 Å². The Bertz CT molecular complexity index is 557. The normalized spacial score (nSPS) is 9.23. The first-order valence-corrected chi connectivity index (χ1v) is 7.88. The molecule has 0 unspecified atom stereocenters. The topological polar surface area (TPSA) is 105 Å². The lowest BCUT2D eigenvalue weighted by atomic mass is 10.1. The third-order valence-corrected chi connectivity index (χ3v) is 3.00. The highest BCUT2D eigenvalue weighted by atomic mass is 16.5. The molecule has 0 amide bonds. The predicted octanol–water partition coefficient (Wildman–Crippen LogP) is 2.15. The number of methoxy groups -OCH3 is 3. The number of hydrogen-bond acceptors (Lipinski definition) is 8. The van der Waals surface area contributed by atoms with Crippen LogP contribution >= 0.6 is 0 Å². The molecule has 144 valence electrons. The monoisotopic (exact) mass is 368 g/mol. The third kappa shape index (κ3) is 9.41. The average molecular weight is 368 g/mol. The van der Waals surface area contributed by atoms with Crippen LogP contribution in [0.3, 0.4) is 0 Å². The molecular weight excluding hydrogens is 344 g/mol. The first kappa shape index (κ1) is 23.1. The Labute approximate surface area is 152 Å². The number of unbranched alkanes of at least 4 members (excludes halogenated alkanes) is 1. The Morgan fingerprint density at radius 1 is 0.769 bits per heavy atom. The van der Waals surface area contributed by atoms with Gasteiger partial charge in [0, 0.05) is 0 Å². The molecule has 0 radical (unpaired) electrons. The number of rotatable bonds is 7. The molecule has 0 heterocycles. The smallest absolute Gasteiger partial charge is 0.337 e. The Morgan fingerprint density at radius 3 is 1.58 bits per heavy atom. The van der Waals surface area contributed by atoms with Crippen molar-refractivity contribution in [3.63, 3.8) is 0 Å². The van der Waals surface area contributed by atoms with Crippen LogP contribution in [0.2, 0.25) is 0 Å². The fraction of sp³-hybridized carbons (Fsp3) is 0.444. The summed E-state index contributed by atoms with van der Waals surface area (Å²) in [5.41, 5.74) is 0.806. The number of esters is 4. The van der Waals surface area contributed by atoms with E-state index in [2.05, 4.69) is 14.2 Å². The van der Waals surface area contributed by atoms with Crippen molar-refractivity contribution in [2.24, 2.45) is 0 Å². The van der Waals surface area contributed by atoms with Gasteiger partial charge in [-0.2, -0.15) is 0 Å². The molecule has 0 saturated carbocycles. The molecule has 1 aromatic rings. The Hall–Kier alpha value is -2.90. The van der Waals surface area contributed by atoms with Crippen LogP contribution in [-0.2, 0) is 28.5 Å². The van der Waals surface area contributed by atoms with Gasteiger partial charge in [0.2, 0.25) is 0 Å². The van der Waals surface area contributed by atoms with Crippen molar-refractivity contribution < 1.29 is 38.1 Å². The molecule has 0 saturated heterocycles. The maximum atomic E-state index is 11.0. The van der Waals surface area contributed by atoms with E-state index in [0.29, 0.717) is 17.7 Å². The van der Waals surface area contributed by atoms with Gasteiger partial charge in [0.25, 0.3) is 0 Å². The van der Waals surface area contributed by atoms with Crippen LogP contribution in [0.15, 0.2) is 24.3 Å². The highest BCUT2D eigenvalue weighted by Crippen LogP contribution is 2.06. The van der Waals surface area contributed by atoms with E-state index in [1.807, 2.05) is 6.92 Å². The fourth-order valence-corrected chi connectivity index (χ4v) is 1.55. The molecule has 0 aliphatic rings. The highest BCUT2D eigenvalue weighted by molar-refractivity contribution is 5.93. The summed E-state index contributed by atoms with van der Waals surface area (Å²) in [6, 6.07) is 6.05. The molecule has 1 aromatic carbocycles. The van der Waals surface area contributed by atoms with Crippen LogP contribution in [0.5, 0.6) is 0 Å². The first-order chi connectivity index (χ1) is 12.4. The van der Waals surface area contributed by atoms with Crippen LogP contribution in [0.25, 0.3) is 0 Å². The van der Waals surface area contributed by atoms with Gasteiger partial charge in [0.05, 0.1) is 39.1 Å². The van der Waals surface area contributed by atoms with E-state index >= 15 is 0 Å². The lowest BCUT2D eigenvalue weighted by molar-refractivity contribution is -0.153. The zero-order valence-electron chi connectivity index (χ0n) is 15.4. The maximum absolute atomic E-state index is 11.0. The molecular formula is C18H24O8. The quantitative estimate of drug-likeness (QED) is 0.312. The second-order valence-electron chi connectivity index (χ2n) is 4.89. The molecule has 0 aliphatic carbocycles. The van der Waals surface area contributed by atoms with Gasteiger partial charge in [-0.3, -0.25) is 9.59 Å². The fourth-order valence-electron chi connectivity index (χ4n) is 1.55. The van der Waals surface area contributed by atoms with Crippen LogP contribution in [0, 0.1) is 0 Å². The van der Waals surface area contributed by atoms with Gasteiger partial charge in [-0.1, -0.05) is 13.3 Å². The number of ether oxygens (including phenoxy) is 4. The van der Waals surface area contributed by atoms with Crippen molar-refractivity contribution in [3.8, 4) is 0 Å². The minimum Gasteiger partial charge on any atom is -0.469 e. The van der Waals surface area contributed by atoms with Crippen molar-refractivity contribution in [2.45, 2.75) is 26.2 Å². The third-order valence-electron chi connectivity index (χ3n) is 3.00. The van der Waals surface area contributed by atoms with Gasteiger partial charge < -0.3 is 18.9 Å². The average Bonchev–Trinajstić information content (AvgIpc) is 2.67. The van der Waals surface area contributed by atoms with Crippen molar-refractivity contribution in [3.05, 3.63) is 35.4 Å². The maximum Gasteiger partial charge on any atom is 0.337 e. The number of carbonyl (C=O) groups excluding carboxylic acids is 4. The van der Waals surface area contributed by atoms with Crippen molar-refractivity contribution in [1.82, 2.24) is 0 Å². The zero-order valence-corrected chi connectivity index (χ0v) is 15.4. The number of carbonyl (C=O) groups is 4. The number of hydrogen-bond donors (Lipinski definition) is 0. The lowest BCUT2D eigenvalue weighted by Crippen LogP contribution is -2.12. The Morgan fingerprint density at radius 2 is 1.23 bits per heavy atom. The second-order valence-corrected chi connectivity index (χ2v) is 4.89. The van der Waals surface area contributed by atoms with Crippen molar-refractivity contribution in [2.75, 3.05) is 27.9 Å². The summed E-state index contributed by atoms with van der Waals surface area (Å²) in [5, 5.41) is 0. The summed E-state index contributed by atoms with van der Waals surface area (Å²) in [5.74, 6) is -1.94. The summed E-state index contributed by atoms with van der Waals surface area (Å²) < 4.78 is 18.0. The molecule has 0 bridgehead atoms. The van der Waals surface area contributed by atoms with Gasteiger partial charge in [-0.25, -0.2) is 9.59 Å². The zero-order chi connectivity index (χ0) is 19.9. The minimum absolute atomic E-state index is 0.291. The Balaban J connectivity index is 0.000000488. The van der Waals surface area contributed by atoms with Gasteiger partial charge in [-0.15, -0.1) is 0 Å². The molecule has 26 heavy (non-hydrogen) atoms. The van der Waals surface area contributed by atoms with Crippen LogP contribution in [0.4, 0.5) is 0 Å². The highest BCUT2D eigenvalue weighted by Gasteiger charge is 2.09. The van der Waals surface area contributed by atoms with E-state index in [0.717, 1.165) is 12.8 Å². The van der Waals surface area contributed by atoms with Gasteiger partial charge >= 0.3 is 23.9 Å². The molecule has 0 atom stereocenters. The largest absolute Gasteiger partial charge is 0.469 e. The molecule has 0 aliphatic heterocycles. The molecule has 0 spiro atoms. The van der Waals surface area contributed by atoms with E-state index in [9.17, 15) is 19.2 Å². The van der Waals surface area contributed by atoms with Crippen LogP contribution < -0.4 is 0 Å².